The molecule has 5 heterocycles. The Labute approximate surface area is 217 Å². The second-order valence-corrected chi connectivity index (χ2v) is 8.78. The standard InChI is InChI=1S/C27H21N9O2/c1-3-18-10-19(5-6-23(18)38-21-7-8-36-24(11-21)30-16-32-36)33-26-25-22(29-15-31-26)12-28-27(34-25)35-13-17(14-35)9-20(37)4-2/h1,4-8,10-12,15-17H,2,9,13-14H2,(H,29,31,33). The molecule has 11 nitrogen and oxygen atoms in total. The molecule has 1 saturated heterocycles. The van der Waals surface area contributed by atoms with E-state index < -0.39 is 0 Å². The van der Waals surface area contributed by atoms with Gasteiger partial charge in [-0.3, -0.25) is 4.79 Å². The van der Waals surface area contributed by atoms with Crippen LogP contribution in [-0.4, -0.2) is 53.4 Å². The van der Waals surface area contributed by atoms with Crippen LogP contribution in [0.15, 0.2) is 68.0 Å². The van der Waals surface area contributed by atoms with Crippen molar-refractivity contribution >= 4 is 39.9 Å². The van der Waals surface area contributed by atoms with Crippen molar-refractivity contribution in [1.29, 1.82) is 0 Å². The number of ether oxygens (including phenoxy) is 1. The maximum absolute atomic E-state index is 11.6. The molecular formula is C27H21N9O2. The van der Waals surface area contributed by atoms with Gasteiger partial charge in [0.2, 0.25) is 5.95 Å². The number of benzene rings is 1. The molecule has 38 heavy (non-hydrogen) atoms. The van der Waals surface area contributed by atoms with E-state index in [1.54, 1.807) is 41.2 Å². The van der Waals surface area contributed by atoms with Gasteiger partial charge in [-0.15, -0.1) is 6.42 Å². The number of rotatable bonds is 8. The zero-order chi connectivity index (χ0) is 26.1. The Kier molecular flexibility index (Phi) is 5.82. The number of aromatic nitrogens is 7. The zero-order valence-corrected chi connectivity index (χ0v) is 20.2. The fourth-order valence-electron chi connectivity index (χ4n) is 4.25. The van der Waals surface area contributed by atoms with Gasteiger partial charge in [-0.1, -0.05) is 12.5 Å². The largest absolute Gasteiger partial charge is 0.456 e. The Bertz CT molecular complexity index is 1730. The van der Waals surface area contributed by atoms with Gasteiger partial charge in [0.25, 0.3) is 0 Å². The lowest BCUT2D eigenvalue weighted by molar-refractivity contribution is -0.115. The fraction of sp³-hybridized carbons (Fsp3) is 0.148. The van der Waals surface area contributed by atoms with Crippen LogP contribution in [0.5, 0.6) is 11.5 Å². The van der Waals surface area contributed by atoms with Crippen LogP contribution in [0.3, 0.4) is 0 Å². The van der Waals surface area contributed by atoms with Gasteiger partial charge in [0.1, 0.15) is 35.2 Å². The van der Waals surface area contributed by atoms with Crippen molar-refractivity contribution in [2.45, 2.75) is 6.42 Å². The van der Waals surface area contributed by atoms with Crippen LogP contribution in [0, 0.1) is 18.3 Å². The predicted molar refractivity (Wildman–Crippen MR) is 141 cm³/mol. The first-order chi connectivity index (χ1) is 18.6. The van der Waals surface area contributed by atoms with Gasteiger partial charge >= 0.3 is 0 Å². The van der Waals surface area contributed by atoms with E-state index in [0.717, 1.165) is 0 Å². The number of nitrogens with one attached hydrogen (secondary N) is 1. The molecule has 11 heteroatoms. The molecule has 1 aromatic carbocycles. The van der Waals surface area contributed by atoms with Crippen molar-refractivity contribution in [2.75, 3.05) is 23.3 Å². The third kappa shape index (κ3) is 4.46. The van der Waals surface area contributed by atoms with Crippen molar-refractivity contribution in [3.8, 4) is 23.8 Å². The van der Waals surface area contributed by atoms with Crippen molar-refractivity contribution in [3.63, 3.8) is 0 Å². The summed E-state index contributed by atoms with van der Waals surface area (Å²) < 4.78 is 7.67. The molecule has 1 aliphatic heterocycles. The predicted octanol–water partition coefficient (Wildman–Crippen LogP) is 3.56. The molecule has 186 valence electrons. The monoisotopic (exact) mass is 503 g/mol. The first-order valence-electron chi connectivity index (χ1n) is 11.8. The highest BCUT2D eigenvalue weighted by atomic mass is 16.5. The van der Waals surface area contributed by atoms with Crippen LogP contribution in [0.2, 0.25) is 0 Å². The lowest BCUT2D eigenvalue weighted by Crippen LogP contribution is -2.48. The number of terminal acetylenes is 1. The van der Waals surface area contributed by atoms with Gasteiger partial charge in [-0.05, 0) is 30.3 Å². The number of carbonyl (C=O) groups is 1. The molecule has 0 bridgehead atoms. The summed E-state index contributed by atoms with van der Waals surface area (Å²) in [5.41, 5.74) is 3.12. The van der Waals surface area contributed by atoms with Crippen LogP contribution in [-0.2, 0) is 4.79 Å². The zero-order valence-electron chi connectivity index (χ0n) is 20.2. The highest BCUT2D eigenvalue weighted by Crippen LogP contribution is 2.31. The molecule has 0 radical (unpaired) electrons. The summed E-state index contributed by atoms with van der Waals surface area (Å²) in [6.07, 6.45) is 14.0. The van der Waals surface area contributed by atoms with E-state index >= 15 is 0 Å². The Morgan fingerprint density at radius 2 is 2.08 bits per heavy atom. The minimum atomic E-state index is 0.0492. The molecule has 1 aliphatic rings. The molecule has 1 fully saturated rings. The summed E-state index contributed by atoms with van der Waals surface area (Å²) >= 11 is 0. The van der Waals surface area contributed by atoms with Crippen molar-refractivity contribution in [1.82, 2.24) is 34.5 Å². The van der Waals surface area contributed by atoms with Crippen LogP contribution in [0.25, 0.3) is 16.7 Å². The summed E-state index contributed by atoms with van der Waals surface area (Å²) in [6.45, 7) is 4.95. The molecule has 4 aromatic heterocycles. The Morgan fingerprint density at radius 1 is 1.18 bits per heavy atom. The van der Waals surface area contributed by atoms with E-state index in [0.29, 0.717) is 70.7 Å². The van der Waals surface area contributed by atoms with Gasteiger partial charge in [0, 0.05) is 43.4 Å². The van der Waals surface area contributed by atoms with E-state index in [1.807, 2.05) is 11.0 Å². The Balaban J connectivity index is 1.22. The average Bonchev–Trinajstić information content (AvgIpc) is 3.39. The second kappa shape index (κ2) is 9.59. The second-order valence-electron chi connectivity index (χ2n) is 8.78. The smallest absolute Gasteiger partial charge is 0.226 e. The number of allylic oxidation sites excluding steroid dienone is 1. The summed E-state index contributed by atoms with van der Waals surface area (Å²) in [6, 6.07) is 9.01. The van der Waals surface area contributed by atoms with E-state index in [4.69, 9.17) is 16.1 Å². The lowest BCUT2D eigenvalue weighted by atomic mass is 9.94. The number of nitrogens with zero attached hydrogens (tertiary/aromatic N) is 8. The molecule has 0 saturated carbocycles. The van der Waals surface area contributed by atoms with Crippen LogP contribution in [0.4, 0.5) is 17.5 Å². The molecule has 0 amide bonds. The normalized spacial score (nSPS) is 13.2. The first-order valence-corrected chi connectivity index (χ1v) is 11.8. The number of anilines is 3. The molecule has 0 atom stereocenters. The van der Waals surface area contributed by atoms with Crippen LogP contribution in [0.1, 0.15) is 12.0 Å². The summed E-state index contributed by atoms with van der Waals surface area (Å²) in [4.78, 5) is 35.7. The molecule has 1 N–H and O–H groups in total. The lowest BCUT2D eigenvalue weighted by Gasteiger charge is -2.38. The maximum Gasteiger partial charge on any atom is 0.226 e. The minimum absolute atomic E-state index is 0.0492. The topological polar surface area (TPSA) is 123 Å². The third-order valence-electron chi connectivity index (χ3n) is 6.20. The number of pyridine rings is 1. The Morgan fingerprint density at radius 3 is 2.92 bits per heavy atom. The minimum Gasteiger partial charge on any atom is -0.456 e. The fourth-order valence-corrected chi connectivity index (χ4v) is 4.25. The Hall–Kier alpha value is -5.37. The van der Waals surface area contributed by atoms with E-state index in [1.165, 1.54) is 18.7 Å². The molecule has 6 rings (SSSR count). The molecule has 0 aliphatic carbocycles. The molecule has 0 spiro atoms. The van der Waals surface area contributed by atoms with Crippen molar-refractivity contribution < 1.29 is 9.53 Å². The molecule has 5 aromatic rings. The average molecular weight is 504 g/mol. The SMILES string of the molecule is C#Cc1cc(Nc2ncnc3cnc(N4CC(CC(=O)C=C)C4)nc23)ccc1Oc1ccn2ncnc2c1. The summed E-state index contributed by atoms with van der Waals surface area (Å²) in [7, 11) is 0. The number of ketones is 1. The third-order valence-corrected chi connectivity index (χ3v) is 6.20. The highest BCUT2D eigenvalue weighted by Gasteiger charge is 2.30. The van der Waals surface area contributed by atoms with Crippen molar-refractivity contribution in [2.24, 2.45) is 5.92 Å². The molecular weight excluding hydrogens is 482 g/mol. The van der Waals surface area contributed by atoms with Gasteiger partial charge in [-0.2, -0.15) is 5.10 Å². The van der Waals surface area contributed by atoms with E-state index in [-0.39, 0.29) is 11.7 Å². The van der Waals surface area contributed by atoms with Crippen LogP contribution < -0.4 is 15.0 Å². The van der Waals surface area contributed by atoms with Crippen molar-refractivity contribution in [3.05, 3.63) is 73.6 Å². The summed E-state index contributed by atoms with van der Waals surface area (Å²) in [5.74, 6) is 5.20. The van der Waals surface area contributed by atoms with Crippen LogP contribution >= 0.6 is 0 Å². The van der Waals surface area contributed by atoms with Gasteiger partial charge < -0.3 is 15.0 Å². The maximum atomic E-state index is 11.6. The number of fused-ring (bicyclic) bond motifs is 2. The van der Waals surface area contributed by atoms with E-state index in [9.17, 15) is 4.79 Å². The number of carbonyl (C=O) groups excluding carboxylic acids is 1. The van der Waals surface area contributed by atoms with Gasteiger partial charge in [-0.25, -0.2) is 29.4 Å². The quantitative estimate of drug-likeness (QED) is 0.248. The highest BCUT2D eigenvalue weighted by molar-refractivity contribution is 5.89. The molecule has 0 unspecified atom stereocenters. The first kappa shape index (κ1) is 23.1. The van der Waals surface area contributed by atoms with Gasteiger partial charge in [0.05, 0.1) is 11.8 Å². The van der Waals surface area contributed by atoms with E-state index in [2.05, 4.69) is 42.9 Å². The van der Waals surface area contributed by atoms with Gasteiger partial charge in [0.15, 0.2) is 17.2 Å². The number of hydrogen-bond acceptors (Lipinski definition) is 10. The summed E-state index contributed by atoms with van der Waals surface area (Å²) in [5, 5.41) is 7.37. The number of hydrogen-bond donors (Lipinski definition) is 1.